The first-order valence-electron chi connectivity index (χ1n) is 8.53. The van der Waals surface area contributed by atoms with Gasteiger partial charge >= 0.3 is 0 Å². The second-order valence-electron chi connectivity index (χ2n) is 6.72. The van der Waals surface area contributed by atoms with Gasteiger partial charge in [0.05, 0.1) is 12.5 Å². The van der Waals surface area contributed by atoms with Crippen LogP contribution in [0.5, 0.6) is 0 Å². The van der Waals surface area contributed by atoms with E-state index in [1.54, 1.807) is 6.07 Å². The molecule has 0 amide bonds. The van der Waals surface area contributed by atoms with Crippen LogP contribution in [0.4, 0.5) is 5.69 Å². The molecule has 0 N–H and O–H groups in total. The Balaban J connectivity index is 1.91. The quantitative estimate of drug-likeness (QED) is 0.730. The number of carbonyl (C=O) groups is 2. The SMILES string of the molecule is [C-]#[N+]c1cccc(C2C3=C(CCCC3=O)N=C3CCCC(=O)C32)c1. The summed E-state index contributed by atoms with van der Waals surface area (Å²) in [5.74, 6) is -0.269. The minimum Gasteiger partial charge on any atom is -0.299 e. The number of Topliss-reactive ketones (excluding diaryl/α,β-unsaturated/α-hetero) is 2. The van der Waals surface area contributed by atoms with E-state index in [2.05, 4.69) is 4.85 Å². The zero-order valence-corrected chi connectivity index (χ0v) is 13.4. The molecule has 1 fully saturated rings. The van der Waals surface area contributed by atoms with Gasteiger partial charge in [-0.3, -0.25) is 14.6 Å². The van der Waals surface area contributed by atoms with Gasteiger partial charge in [-0.1, -0.05) is 24.3 Å². The number of rotatable bonds is 1. The van der Waals surface area contributed by atoms with E-state index < -0.39 is 0 Å². The van der Waals surface area contributed by atoms with Crippen molar-refractivity contribution in [1.29, 1.82) is 0 Å². The summed E-state index contributed by atoms with van der Waals surface area (Å²) in [5, 5.41) is 0. The largest absolute Gasteiger partial charge is 0.299 e. The summed E-state index contributed by atoms with van der Waals surface area (Å²) in [5.41, 5.74) is 4.00. The third kappa shape index (κ3) is 2.32. The maximum Gasteiger partial charge on any atom is 0.187 e. The third-order valence-electron chi connectivity index (χ3n) is 5.27. The van der Waals surface area contributed by atoms with E-state index in [9.17, 15) is 9.59 Å². The second kappa shape index (κ2) is 5.83. The number of ketones is 2. The van der Waals surface area contributed by atoms with Crippen molar-refractivity contribution < 1.29 is 9.59 Å². The van der Waals surface area contributed by atoms with Crippen LogP contribution in [0.15, 0.2) is 40.5 Å². The lowest BCUT2D eigenvalue weighted by molar-refractivity contribution is -0.122. The lowest BCUT2D eigenvalue weighted by Crippen LogP contribution is -2.39. The Hall–Kier alpha value is -2.54. The first-order valence-corrected chi connectivity index (χ1v) is 8.53. The lowest BCUT2D eigenvalue weighted by atomic mass is 9.67. The van der Waals surface area contributed by atoms with Gasteiger partial charge in [0.1, 0.15) is 5.78 Å². The molecule has 0 bridgehead atoms. The molecule has 1 saturated carbocycles. The maximum atomic E-state index is 12.7. The molecule has 0 spiro atoms. The smallest absolute Gasteiger partial charge is 0.187 e. The van der Waals surface area contributed by atoms with E-state index in [1.165, 1.54) is 0 Å². The molecular weight excluding hydrogens is 300 g/mol. The first-order chi connectivity index (χ1) is 11.7. The summed E-state index contributed by atoms with van der Waals surface area (Å²) in [7, 11) is 0. The number of benzene rings is 1. The molecule has 1 aliphatic heterocycles. The molecule has 120 valence electrons. The summed E-state index contributed by atoms with van der Waals surface area (Å²) in [6, 6.07) is 7.37. The monoisotopic (exact) mass is 318 g/mol. The Morgan fingerprint density at radius 2 is 1.88 bits per heavy atom. The highest BCUT2D eigenvalue weighted by Crippen LogP contribution is 2.46. The Kier molecular flexibility index (Phi) is 3.65. The van der Waals surface area contributed by atoms with Crippen molar-refractivity contribution in [1.82, 2.24) is 0 Å². The fourth-order valence-corrected chi connectivity index (χ4v) is 4.25. The Morgan fingerprint density at radius 3 is 2.71 bits per heavy atom. The summed E-state index contributed by atoms with van der Waals surface area (Å²) >= 11 is 0. The Bertz CT molecular complexity index is 841. The Morgan fingerprint density at radius 1 is 1.04 bits per heavy atom. The molecule has 2 aliphatic carbocycles. The number of hydrogen-bond donors (Lipinski definition) is 0. The topological polar surface area (TPSA) is 50.9 Å². The van der Waals surface area contributed by atoms with Crippen LogP contribution in [0.25, 0.3) is 4.85 Å². The number of hydrogen-bond acceptors (Lipinski definition) is 3. The first kappa shape index (κ1) is 15.0. The van der Waals surface area contributed by atoms with Gasteiger partial charge in [0.2, 0.25) is 0 Å². The number of nitrogens with zero attached hydrogens (tertiary/aromatic N) is 2. The molecule has 0 radical (unpaired) electrons. The molecule has 2 unspecified atom stereocenters. The molecule has 4 heteroatoms. The summed E-state index contributed by atoms with van der Waals surface area (Å²) in [6.45, 7) is 7.25. The molecule has 24 heavy (non-hydrogen) atoms. The van der Waals surface area contributed by atoms with Crippen LogP contribution in [0.3, 0.4) is 0 Å². The molecule has 2 atom stereocenters. The van der Waals surface area contributed by atoms with Crippen molar-refractivity contribution in [3.05, 3.63) is 52.5 Å². The molecule has 4 nitrogen and oxygen atoms in total. The highest BCUT2D eigenvalue weighted by molar-refractivity contribution is 6.12. The predicted molar refractivity (Wildman–Crippen MR) is 91.1 cm³/mol. The highest BCUT2D eigenvalue weighted by atomic mass is 16.1. The van der Waals surface area contributed by atoms with Crippen LogP contribution in [0, 0.1) is 12.5 Å². The molecule has 1 aromatic carbocycles. The van der Waals surface area contributed by atoms with Gasteiger partial charge in [-0.25, -0.2) is 4.85 Å². The van der Waals surface area contributed by atoms with Gasteiger partial charge in [-0.2, -0.15) is 0 Å². The van der Waals surface area contributed by atoms with Crippen molar-refractivity contribution in [2.45, 2.75) is 44.4 Å². The average molecular weight is 318 g/mol. The Labute approximate surface area is 141 Å². The number of allylic oxidation sites excluding steroid dienone is 2. The van der Waals surface area contributed by atoms with Gasteiger partial charge < -0.3 is 0 Å². The third-order valence-corrected chi connectivity index (χ3v) is 5.27. The van der Waals surface area contributed by atoms with Crippen LogP contribution >= 0.6 is 0 Å². The molecular formula is C20H18N2O2. The van der Waals surface area contributed by atoms with Crippen LogP contribution in [0.1, 0.15) is 50.0 Å². The van der Waals surface area contributed by atoms with Crippen molar-refractivity contribution in [2.75, 3.05) is 0 Å². The molecule has 0 saturated heterocycles. The van der Waals surface area contributed by atoms with Crippen LogP contribution in [0.2, 0.25) is 0 Å². The normalized spacial score (nSPS) is 26.4. The van der Waals surface area contributed by atoms with E-state index in [4.69, 9.17) is 11.6 Å². The van der Waals surface area contributed by atoms with Crippen LogP contribution in [-0.2, 0) is 9.59 Å². The highest BCUT2D eigenvalue weighted by Gasteiger charge is 2.44. The van der Waals surface area contributed by atoms with Gasteiger partial charge in [0.15, 0.2) is 11.5 Å². The van der Waals surface area contributed by atoms with Crippen molar-refractivity contribution in [2.24, 2.45) is 10.9 Å². The zero-order valence-electron chi connectivity index (χ0n) is 13.4. The van der Waals surface area contributed by atoms with Crippen molar-refractivity contribution in [3.63, 3.8) is 0 Å². The van der Waals surface area contributed by atoms with Gasteiger partial charge in [0, 0.05) is 35.7 Å². The molecule has 1 aromatic rings. The molecule has 3 aliphatic rings. The van der Waals surface area contributed by atoms with Gasteiger partial charge in [0.25, 0.3) is 0 Å². The summed E-state index contributed by atoms with van der Waals surface area (Å²) < 4.78 is 0. The summed E-state index contributed by atoms with van der Waals surface area (Å²) in [4.78, 5) is 33.6. The van der Waals surface area contributed by atoms with E-state index in [1.807, 2.05) is 18.2 Å². The fraction of sp³-hybridized carbons (Fsp3) is 0.400. The van der Waals surface area contributed by atoms with E-state index in [0.717, 1.165) is 48.2 Å². The average Bonchev–Trinajstić information content (AvgIpc) is 2.60. The standard InChI is InChI=1S/C20H18N2O2/c1-21-13-6-2-5-12(11-13)18-19-14(7-3-9-16(19)23)22-15-8-4-10-17(24)20(15)18/h2,5-6,11,18-19H,3-4,7-10H2. The van der Waals surface area contributed by atoms with Crippen LogP contribution in [-0.4, -0.2) is 17.3 Å². The van der Waals surface area contributed by atoms with Crippen molar-refractivity contribution in [3.8, 4) is 0 Å². The van der Waals surface area contributed by atoms with E-state index in [-0.39, 0.29) is 23.4 Å². The minimum atomic E-state index is -0.319. The number of aliphatic imine (C=N–C) groups is 1. The fourth-order valence-electron chi connectivity index (χ4n) is 4.25. The van der Waals surface area contributed by atoms with Crippen molar-refractivity contribution >= 4 is 23.0 Å². The summed E-state index contributed by atoms with van der Waals surface area (Å²) in [6.07, 6.45) is 4.41. The van der Waals surface area contributed by atoms with E-state index in [0.29, 0.717) is 18.5 Å². The lowest BCUT2D eigenvalue weighted by Gasteiger charge is -2.38. The maximum absolute atomic E-state index is 12.7. The van der Waals surface area contributed by atoms with Gasteiger partial charge in [-0.15, -0.1) is 0 Å². The molecule has 1 heterocycles. The van der Waals surface area contributed by atoms with Gasteiger partial charge in [-0.05, 0) is 31.2 Å². The molecule has 0 aromatic heterocycles. The van der Waals surface area contributed by atoms with Crippen LogP contribution < -0.4 is 0 Å². The molecule has 4 rings (SSSR count). The second-order valence-corrected chi connectivity index (χ2v) is 6.72. The van der Waals surface area contributed by atoms with E-state index >= 15 is 0 Å². The number of fused-ring (bicyclic) bond motifs is 1. The minimum absolute atomic E-state index is 0.121. The predicted octanol–water partition coefficient (Wildman–Crippen LogP) is 4.15. The number of carbonyl (C=O) groups excluding carboxylic acids is 2. The zero-order chi connectivity index (χ0) is 16.7.